The van der Waals surface area contributed by atoms with Crippen LogP contribution in [-0.2, 0) is 6.42 Å². The Balaban J connectivity index is 1.41. The molecule has 0 fully saturated rings. The fraction of sp³-hybridized carbons (Fsp3) is 0.143. The van der Waals surface area contributed by atoms with Crippen molar-refractivity contribution in [1.82, 2.24) is 39.7 Å². The number of hydrogen-bond acceptors (Lipinski definition) is 7. The van der Waals surface area contributed by atoms with Gasteiger partial charge in [-0.1, -0.05) is 17.7 Å². The van der Waals surface area contributed by atoms with E-state index in [1.807, 2.05) is 18.2 Å². The molecule has 0 saturated heterocycles. The molecule has 0 radical (unpaired) electrons. The van der Waals surface area contributed by atoms with Gasteiger partial charge in [-0.05, 0) is 30.3 Å². The molecule has 1 aliphatic rings. The quantitative estimate of drug-likeness (QED) is 0.423. The van der Waals surface area contributed by atoms with Crippen LogP contribution in [0.2, 0.25) is 5.15 Å². The summed E-state index contributed by atoms with van der Waals surface area (Å²) in [6.45, 7) is 0.435. The third-order valence-electron chi connectivity index (χ3n) is 5.44. The normalized spacial score (nSPS) is 15.8. The maximum atomic E-state index is 13.5. The first-order valence-corrected chi connectivity index (χ1v) is 10.3. The van der Waals surface area contributed by atoms with Crippen LogP contribution in [0.15, 0.2) is 59.5 Å². The van der Waals surface area contributed by atoms with Crippen molar-refractivity contribution in [2.75, 3.05) is 6.54 Å². The summed E-state index contributed by atoms with van der Waals surface area (Å²) in [6.07, 6.45) is 5.49. The minimum absolute atomic E-state index is 0.102. The van der Waals surface area contributed by atoms with E-state index in [0.717, 1.165) is 16.9 Å². The smallest absolute Gasteiger partial charge is 0.312 e. The molecule has 1 aliphatic heterocycles. The predicted octanol–water partition coefficient (Wildman–Crippen LogP) is 2.94. The van der Waals surface area contributed by atoms with Crippen molar-refractivity contribution in [3.63, 3.8) is 0 Å². The van der Waals surface area contributed by atoms with Crippen LogP contribution in [0.3, 0.4) is 0 Å². The SMILES string of the molecule is O=C(c1nnc(-c2cccnc2)o1)N1CCc2[nH]cnc2[C@H]1c1cc2cccc(Cl)n2n1. The molecule has 0 aliphatic carbocycles. The number of fused-ring (bicyclic) bond motifs is 2. The first-order valence-electron chi connectivity index (χ1n) is 9.90. The van der Waals surface area contributed by atoms with Crippen molar-refractivity contribution in [1.29, 1.82) is 0 Å². The van der Waals surface area contributed by atoms with Gasteiger partial charge in [0.2, 0.25) is 5.89 Å². The average molecular weight is 447 g/mol. The van der Waals surface area contributed by atoms with Crippen molar-refractivity contribution in [2.24, 2.45) is 0 Å². The largest absolute Gasteiger partial charge is 0.412 e. The lowest BCUT2D eigenvalue weighted by Gasteiger charge is -2.32. The van der Waals surface area contributed by atoms with Crippen LogP contribution in [0.25, 0.3) is 17.0 Å². The number of hydrogen-bond donors (Lipinski definition) is 1. The minimum atomic E-state index is -0.526. The molecule has 32 heavy (non-hydrogen) atoms. The van der Waals surface area contributed by atoms with E-state index in [2.05, 4.69) is 30.2 Å². The Morgan fingerprint density at radius 3 is 3.00 bits per heavy atom. The van der Waals surface area contributed by atoms with E-state index in [1.54, 1.807) is 46.3 Å². The van der Waals surface area contributed by atoms with Crippen LogP contribution in [0.5, 0.6) is 0 Å². The van der Waals surface area contributed by atoms with Crippen molar-refractivity contribution in [2.45, 2.75) is 12.5 Å². The lowest BCUT2D eigenvalue weighted by atomic mass is 9.99. The molecule has 0 aromatic carbocycles. The summed E-state index contributed by atoms with van der Waals surface area (Å²) in [5.74, 6) is -0.265. The summed E-state index contributed by atoms with van der Waals surface area (Å²) in [5.41, 5.74) is 3.80. The monoisotopic (exact) mass is 446 g/mol. The highest BCUT2D eigenvalue weighted by molar-refractivity contribution is 6.29. The predicted molar refractivity (Wildman–Crippen MR) is 113 cm³/mol. The Bertz CT molecular complexity index is 1440. The molecule has 5 aromatic rings. The summed E-state index contributed by atoms with van der Waals surface area (Å²) in [7, 11) is 0. The number of carbonyl (C=O) groups is 1. The number of aromatic nitrogens is 7. The zero-order chi connectivity index (χ0) is 21.7. The van der Waals surface area contributed by atoms with Crippen molar-refractivity contribution in [3.05, 3.63) is 83.2 Å². The molecule has 158 valence electrons. The maximum Gasteiger partial charge on any atom is 0.312 e. The zero-order valence-electron chi connectivity index (χ0n) is 16.5. The van der Waals surface area contributed by atoms with Crippen molar-refractivity contribution < 1.29 is 9.21 Å². The van der Waals surface area contributed by atoms with E-state index in [9.17, 15) is 4.79 Å². The fourth-order valence-corrected chi connectivity index (χ4v) is 4.18. The summed E-state index contributed by atoms with van der Waals surface area (Å²) >= 11 is 6.30. The first kappa shape index (κ1) is 18.7. The van der Waals surface area contributed by atoms with E-state index >= 15 is 0 Å². The molecule has 0 spiro atoms. The van der Waals surface area contributed by atoms with Gasteiger partial charge in [0.1, 0.15) is 11.2 Å². The van der Waals surface area contributed by atoms with E-state index in [-0.39, 0.29) is 11.8 Å². The molecule has 0 bridgehead atoms. The summed E-state index contributed by atoms with van der Waals surface area (Å²) in [6, 6.07) is 10.4. The number of H-pyrrole nitrogens is 1. The molecule has 11 heteroatoms. The molecular formula is C21H15ClN8O2. The first-order chi connectivity index (χ1) is 15.7. The molecule has 10 nitrogen and oxygen atoms in total. The number of nitrogens with zero attached hydrogens (tertiary/aromatic N) is 7. The second-order valence-electron chi connectivity index (χ2n) is 7.33. The van der Waals surface area contributed by atoms with Gasteiger partial charge in [-0.15, -0.1) is 10.2 Å². The molecule has 1 amide bonds. The number of imidazole rings is 1. The second kappa shape index (κ2) is 7.27. The van der Waals surface area contributed by atoms with E-state index in [0.29, 0.717) is 29.4 Å². The number of rotatable bonds is 3. The van der Waals surface area contributed by atoms with Crippen LogP contribution >= 0.6 is 11.6 Å². The van der Waals surface area contributed by atoms with Gasteiger partial charge in [0.15, 0.2) is 0 Å². The number of nitrogens with one attached hydrogen (secondary N) is 1. The number of carbonyl (C=O) groups excluding carboxylic acids is 1. The van der Waals surface area contributed by atoms with E-state index < -0.39 is 11.9 Å². The molecule has 5 aromatic heterocycles. The zero-order valence-corrected chi connectivity index (χ0v) is 17.3. The molecule has 1 N–H and O–H groups in total. The Morgan fingerprint density at radius 2 is 2.16 bits per heavy atom. The van der Waals surface area contributed by atoms with Crippen LogP contribution in [0, 0.1) is 0 Å². The molecule has 1 atom stereocenters. The molecule has 6 rings (SSSR count). The summed E-state index contributed by atoms with van der Waals surface area (Å²) < 4.78 is 7.32. The van der Waals surface area contributed by atoms with E-state index in [1.165, 1.54) is 0 Å². The number of amides is 1. The number of halogens is 1. The van der Waals surface area contributed by atoms with Crippen LogP contribution in [-0.4, -0.2) is 52.1 Å². The lowest BCUT2D eigenvalue weighted by Crippen LogP contribution is -2.41. The second-order valence-corrected chi connectivity index (χ2v) is 7.71. The Hall–Kier alpha value is -4.05. The highest BCUT2D eigenvalue weighted by Gasteiger charge is 2.38. The Labute approximate surface area is 185 Å². The van der Waals surface area contributed by atoms with Gasteiger partial charge >= 0.3 is 11.8 Å². The third kappa shape index (κ3) is 2.95. The van der Waals surface area contributed by atoms with Gasteiger partial charge in [-0.2, -0.15) is 5.10 Å². The van der Waals surface area contributed by atoms with Crippen molar-refractivity contribution >= 4 is 23.0 Å². The van der Waals surface area contributed by atoms with Gasteiger partial charge in [-0.25, -0.2) is 9.50 Å². The molecule has 6 heterocycles. The summed E-state index contributed by atoms with van der Waals surface area (Å²) in [4.78, 5) is 26.8. The Kier molecular flexibility index (Phi) is 4.25. The standard InChI is InChI=1S/C21H15ClN8O2/c22-16-5-1-4-13-9-15(28-30(13)16)18-17-14(24-11-25-17)6-8-29(18)21(31)20-27-26-19(32-20)12-3-2-7-23-10-12/h1-5,7,9-11,18H,6,8H2,(H,24,25)/t18-/m1/s1. The average Bonchev–Trinajstić information content (AvgIpc) is 3.58. The van der Waals surface area contributed by atoms with E-state index in [4.69, 9.17) is 16.0 Å². The van der Waals surface area contributed by atoms with Crippen LogP contribution < -0.4 is 0 Å². The topological polar surface area (TPSA) is 118 Å². The van der Waals surface area contributed by atoms with Gasteiger partial charge in [-0.3, -0.25) is 9.78 Å². The van der Waals surface area contributed by atoms with Gasteiger partial charge < -0.3 is 14.3 Å². The number of aromatic amines is 1. The van der Waals surface area contributed by atoms with Crippen molar-refractivity contribution in [3.8, 4) is 11.5 Å². The lowest BCUT2D eigenvalue weighted by molar-refractivity contribution is 0.0646. The van der Waals surface area contributed by atoms with Crippen LogP contribution in [0.4, 0.5) is 0 Å². The molecule has 0 unspecified atom stereocenters. The van der Waals surface area contributed by atoms with Gasteiger partial charge in [0.05, 0.1) is 28.8 Å². The highest BCUT2D eigenvalue weighted by Crippen LogP contribution is 2.34. The number of pyridine rings is 2. The molecule has 0 saturated carbocycles. The Morgan fingerprint density at radius 1 is 1.22 bits per heavy atom. The fourth-order valence-electron chi connectivity index (χ4n) is 3.97. The minimum Gasteiger partial charge on any atom is -0.412 e. The summed E-state index contributed by atoms with van der Waals surface area (Å²) in [5, 5.41) is 13.1. The van der Waals surface area contributed by atoms with Gasteiger partial charge in [0.25, 0.3) is 0 Å². The maximum absolute atomic E-state index is 13.5. The molecular weight excluding hydrogens is 432 g/mol. The van der Waals surface area contributed by atoms with Crippen LogP contribution in [0.1, 0.15) is 33.8 Å². The highest BCUT2D eigenvalue weighted by atomic mass is 35.5. The van der Waals surface area contributed by atoms with Gasteiger partial charge in [0, 0.05) is 31.1 Å². The third-order valence-corrected chi connectivity index (χ3v) is 5.73.